The number of aromatic nitrogens is 2. The Balaban J connectivity index is 1.32. The van der Waals surface area contributed by atoms with Gasteiger partial charge in [0.25, 0.3) is 0 Å². The van der Waals surface area contributed by atoms with Crippen LogP contribution in [-0.4, -0.2) is 40.4 Å². The third kappa shape index (κ3) is 6.28. The number of methoxy groups -OCH3 is 1. The van der Waals surface area contributed by atoms with Gasteiger partial charge in [0.1, 0.15) is 10.8 Å². The normalized spacial score (nSPS) is 16.5. The van der Waals surface area contributed by atoms with Gasteiger partial charge in [-0.1, -0.05) is 35.1 Å². The molecule has 12 heteroatoms. The van der Waals surface area contributed by atoms with Gasteiger partial charge in [-0.15, -0.1) is 11.3 Å². The lowest BCUT2D eigenvalue weighted by Gasteiger charge is -2.27. The van der Waals surface area contributed by atoms with E-state index in [0.29, 0.717) is 23.8 Å². The van der Waals surface area contributed by atoms with E-state index in [9.17, 15) is 9.59 Å². The number of hydrogen-bond donors (Lipinski definition) is 1. The number of esters is 1. The van der Waals surface area contributed by atoms with Crippen LogP contribution in [0, 0.1) is 5.82 Å². The van der Waals surface area contributed by atoms with Crippen molar-refractivity contribution in [1.82, 2.24) is 15.0 Å². The summed E-state index contributed by atoms with van der Waals surface area (Å²) in [7, 11) is 1.36. The Morgan fingerprint density at radius 1 is 1.28 bits per heavy atom. The van der Waals surface area contributed by atoms with Crippen LogP contribution in [0.4, 0.5) is 15.2 Å². The number of benzene rings is 2. The highest BCUT2D eigenvalue weighted by Crippen LogP contribution is 2.39. The monoisotopic (exact) mass is 588 g/mol. The molecule has 0 aliphatic carbocycles. The average Bonchev–Trinajstić information content (AvgIpc) is 3.66. The van der Waals surface area contributed by atoms with Gasteiger partial charge in [-0.2, -0.15) is 5.06 Å². The number of ketones is 1. The first-order valence-corrected chi connectivity index (χ1v) is 14.4. The highest BCUT2D eigenvalue weighted by Gasteiger charge is 2.34. The zero-order valence-electron chi connectivity index (χ0n) is 21.3. The number of fused-ring (bicyclic) bond motifs is 1. The van der Waals surface area contributed by atoms with E-state index in [1.165, 1.54) is 48.8 Å². The molecule has 0 radical (unpaired) electrons. The summed E-state index contributed by atoms with van der Waals surface area (Å²) in [5.41, 5.74) is 1.24. The second-order valence-electron chi connectivity index (χ2n) is 9.10. The third-order valence-corrected chi connectivity index (χ3v) is 8.80. The number of hydroxylamine groups is 2. The largest absolute Gasteiger partial charge is 0.469 e. The third-order valence-electron chi connectivity index (χ3n) is 6.38. The number of rotatable bonds is 10. The van der Waals surface area contributed by atoms with Crippen LogP contribution in [0.2, 0.25) is 5.02 Å². The molecule has 2 aromatic carbocycles. The highest BCUT2D eigenvalue weighted by molar-refractivity contribution is 7.22. The SMILES string of the molecule is COC(=O)CCc1cnc([C@@H]2CCCN2OC(C(C)=O)c2cc(Cl)c(Nc3nc4ccccc4s3)cc2F)s1. The Labute approximate surface area is 237 Å². The van der Waals surface area contributed by atoms with Gasteiger partial charge >= 0.3 is 5.97 Å². The standard InChI is InChI=1S/C27H26ClFN4O4S2/c1-15(34)25(37-33-11-5-7-22(33)26-30-14-16(38-26)9-10-24(35)36-2)17-12-18(28)21(13-19(17)29)32-27-31-20-6-3-4-8-23(20)39-27/h3-4,6,8,12-14,22,25H,5,7,9-11H2,1-2H3,(H,31,32)/t22-,25?/m0/s1. The van der Waals surface area contributed by atoms with Gasteiger partial charge < -0.3 is 10.1 Å². The summed E-state index contributed by atoms with van der Waals surface area (Å²) in [6.45, 7) is 1.93. The number of aryl methyl sites for hydroxylation is 1. The smallest absolute Gasteiger partial charge is 0.305 e. The summed E-state index contributed by atoms with van der Waals surface area (Å²) in [6, 6.07) is 10.2. The molecule has 1 N–H and O–H groups in total. The van der Waals surface area contributed by atoms with Crippen molar-refractivity contribution in [3.63, 3.8) is 0 Å². The summed E-state index contributed by atoms with van der Waals surface area (Å²) in [6.07, 6.45) is 3.01. The molecular formula is C27H26ClFN4O4S2. The second-order valence-corrected chi connectivity index (χ2v) is 11.7. The molecule has 3 heterocycles. The molecule has 0 bridgehead atoms. The van der Waals surface area contributed by atoms with Crippen LogP contribution in [0.15, 0.2) is 42.6 Å². The first-order chi connectivity index (χ1) is 18.8. The maximum Gasteiger partial charge on any atom is 0.305 e. The second kappa shape index (κ2) is 12.1. The fourth-order valence-corrected chi connectivity index (χ4v) is 6.57. The van der Waals surface area contributed by atoms with E-state index in [1.54, 1.807) is 11.3 Å². The fourth-order valence-electron chi connectivity index (χ4n) is 4.42. The molecule has 8 nitrogen and oxygen atoms in total. The molecule has 2 atom stereocenters. The number of Topliss-reactive ketones (excluding diaryl/α,β-unsaturated/α-hetero) is 1. The van der Waals surface area contributed by atoms with Crippen molar-refractivity contribution in [2.75, 3.05) is 19.0 Å². The van der Waals surface area contributed by atoms with Crippen molar-refractivity contribution in [3.8, 4) is 0 Å². The Morgan fingerprint density at radius 2 is 2.10 bits per heavy atom. The van der Waals surface area contributed by atoms with E-state index in [2.05, 4.69) is 15.3 Å². The number of carbonyl (C=O) groups is 2. The number of para-hydroxylation sites is 1. The summed E-state index contributed by atoms with van der Waals surface area (Å²) >= 11 is 9.46. The van der Waals surface area contributed by atoms with Crippen molar-refractivity contribution >= 4 is 67.1 Å². The number of thiazole rings is 2. The number of carbonyl (C=O) groups excluding carboxylic acids is 2. The van der Waals surface area contributed by atoms with Crippen molar-refractivity contribution in [2.24, 2.45) is 0 Å². The molecule has 1 unspecified atom stereocenters. The van der Waals surface area contributed by atoms with E-state index in [-0.39, 0.29) is 34.8 Å². The molecule has 1 saturated heterocycles. The van der Waals surface area contributed by atoms with E-state index in [4.69, 9.17) is 21.2 Å². The molecule has 1 aliphatic heterocycles. The van der Waals surface area contributed by atoms with Gasteiger partial charge in [-0.25, -0.2) is 14.4 Å². The van der Waals surface area contributed by atoms with Crippen molar-refractivity contribution in [3.05, 3.63) is 68.9 Å². The molecule has 2 aromatic heterocycles. The number of anilines is 2. The minimum Gasteiger partial charge on any atom is -0.469 e. The van der Waals surface area contributed by atoms with Gasteiger partial charge in [-0.3, -0.25) is 14.4 Å². The van der Waals surface area contributed by atoms with Gasteiger partial charge in [-0.05, 0) is 50.5 Å². The Morgan fingerprint density at radius 3 is 2.87 bits per heavy atom. The predicted octanol–water partition coefficient (Wildman–Crippen LogP) is 6.79. The molecule has 39 heavy (non-hydrogen) atoms. The lowest BCUT2D eigenvalue weighted by atomic mass is 10.1. The average molecular weight is 589 g/mol. The van der Waals surface area contributed by atoms with E-state index in [0.717, 1.165) is 32.9 Å². The van der Waals surface area contributed by atoms with E-state index < -0.39 is 11.9 Å². The molecule has 0 saturated carbocycles. The van der Waals surface area contributed by atoms with Gasteiger partial charge in [0, 0.05) is 23.2 Å². The van der Waals surface area contributed by atoms with Crippen LogP contribution >= 0.6 is 34.3 Å². The number of halogens is 2. The summed E-state index contributed by atoms with van der Waals surface area (Å²) in [5, 5.41) is 6.44. The van der Waals surface area contributed by atoms with Crippen molar-refractivity contribution in [2.45, 2.75) is 44.8 Å². The van der Waals surface area contributed by atoms with Gasteiger partial charge in [0.05, 0.1) is 40.5 Å². The maximum absolute atomic E-state index is 15.4. The Bertz CT molecular complexity index is 1480. The summed E-state index contributed by atoms with van der Waals surface area (Å²) in [5.74, 6) is -1.24. The molecular weight excluding hydrogens is 563 g/mol. The Hall–Kier alpha value is -2.96. The molecule has 5 rings (SSSR count). The molecule has 204 valence electrons. The Kier molecular flexibility index (Phi) is 8.53. The van der Waals surface area contributed by atoms with Crippen LogP contribution < -0.4 is 5.32 Å². The van der Waals surface area contributed by atoms with Crippen LogP contribution in [0.3, 0.4) is 0 Å². The van der Waals surface area contributed by atoms with Gasteiger partial charge in [0.2, 0.25) is 0 Å². The zero-order chi connectivity index (χ0) is 27.5. The van der Waals surface area contributed by atoms with Crippen LogP contribution in [0.1, 0.15) is 53.8 Å². The molecule has 0 spiro atoms. The quantitative estimate of drug-likeness (QED) is 0.202. The lowest BCUT2D eigenvalue weighted by molar-refractivity contribution is -0.210. The first-order valence-electron chi connectivity index (χ1n) is 12.4. The topological polar surface area (TPSA) is 93.6 Å². The first kappa shape index (κ1) is 27.6. The molecule has 1 fully saturated rings. The van der Waals surface area contributed by atoms with Gasteiger partial charge in [0.15, 0.2) is 17.0 Å². The minimum absolute atomic E-state index is 0.0610. The lowest BCUT2D eigenvalue weighted by Crippen LogP contribution is -2.29. The van der Waals surface area contributed by atoms with E-state index >= 15 is 4.39 Å². The number of nitrogens with zero attached hydrogens (tertiary/aromatic N) is 3. The zero-order valence-corrected chi connectivity index (χ0v) is 23.7. The van der Waals surface area contributed by atoms with Crippen LogP contribution in [-0.2, 0) is 25.6 Å². The summed E-state index contributed by atoms with van der Waals surface area (Å²) in [4.78, 5) is 40.3. The van der Waals surface area contributed by atoms with Crippen molar-refractivity contribution < 1.29 is 23.6 Å². The summed E-state index contributed by atoms with van der Waals surface area (Å²) < 4.78 is 21.1. The van der Waals surface area contributed by atoms with Crippen LogP contribution in [0.25, 0.3) is 10.2 Å². The van der Waals surface area contributed by atoms with Crippen LogP contribution in [0.5, 0.6) is 0 Å². The molecule has 4 aromatic rings. The molecule has 1 aliphatic rings. The number of nitrogens with one attached hydrogen (secondary N) is 1. The van der Waals surface area contributed by atoms with E-state index in [1.807, 2.05) is 24.3 Å². The number of ether oxygens (including phenoxy) is 1. The predicted molar refractivity (Wildman–Crippen MR) is 150 cm³/mol. The molecule has 0 amide bonds. The number of hydrogen-bond acceptors (Lipinski definition) is 10. The van der Waals surface area contributed by atoms with Crippen molar-refractivity contribution in [1.29, 1.82) is 0 Å². The maximum atomic E-state index is 15.4. The minimum atomic E-state index is -1.17. The fraction of sp³-hybridized carbons (Fsp3) is 0.333. The highest BCUT2D eigenvalue weighted by atomic mass is 35.5.